The van der Waals surface area contributed by atoms with Crippen molar-refractivity contribution < 1.29 is 22.4 Å². The zero-order valence-electron chi connectivity index (χ0n) is 15.9. The molecule has 7 nitrogen and oxygen atoms in total. The highest BCUT2D eigenvalue weighted by Gasteiger charge is 2.33. The first-order chi connectivity index (χ1) is 14.2. The molecule has 158 valence electrons. The number of rotatable bonds is 4. The summed E-state index contributed by atoms with van der Waals surface area (Å²) in [5.41, 5.74) is 12.3. The third-order valence-electron chi connectivity index (χ3n) is 5.19. The van der Waals surface area contributed by atoms with Crippen LogP contribution >= 0.6 is 0 Å². The number of carbonyl (C=O) groups excluding carboxylic acids is 1. The molecule has 0 aromatic carbocycles. The number of aromatic nitrogens is 2. The van der Waals surface area contributed by atoms with Crippen LogP contribution in [0.1, 0.15) is 34.3 Å². The maximum atomic E-state index is 13.0. The molecule has 3 aromatic heterocycles. The molecule has 1 aliphatic rings. The molecule has 4 N–H and O–H groups in total. The van der Waals surface area contributed by atoms with E-state index in [4.69, 9.17) is 15.9 Å². The molecule has 1 fully saturated rings. The Labute approximate surface area is 169 Å². The minimum absolute atomic E-state index is 0.0101. The van der Waals surface area contributed by atoms with Gasteiger partial charge in [0, 0.05) is 55.4 Å². The fourth-order valence-corrected chi connectivity index (χ4v) is 3.78. The average molecular weight is 419 g/mol. The third kappa shape index (κ3) is 3.82. The lowest BCUT2D eigenvalue weighted by Crippen LogP contribution is -2.43. The van der Waals surface area contributed by atoms with Crippen LogP contribution in [0, 0.1) is 0 Å². The van der Waals surface area contributed by atoms with E-state index in [0.717, 1.165) is 31.1 Å². The molecule has 0 aliphatic carbocycles. The summed E-state index contributed by atoms with van der Waals surface area (Å²) in [6, 6.07) is 2.67. The van der Waals surface area contributed by atoms with Crippen LogP contribution in [0.4, 0.5) is 24.7 Å². The van der Waals surface area contributed by atoms with Gasteiger partial charge in [-0.3, -0.25) is 14.8 Å². The second-order valence-corrected chi connectivity index (χ2v) is 7.36. The predicted molar refractivity (Wildman–Crippen MR) is 105 cm³/mol. The van der Waals surface area contributed by atoms with Crippen molar-refractivity contribution in [2.45, 2.75) is 31.5 Å². The minimum Gasteiger partial charge on any atom is -0.438 e. The molecule has 4 heterocycles. The molecule has 0 radical (unpaired) electrons. The average Bonchev–Trinajstić information content (AvgIpc) is 3.02. The quantitative estimate of drug-likeness (QED) is 0.625. The number of ketones is 1. The van der Waals surface area contributed by atoms with Crippen molar-refractivity contribution >= 4 is 28.5 Å². The standard InChI is InChI=1S/C20H20F3N5O2/c21-20(22,23)12-7-16-18(27-9-12)17(19(25)30-16)15(29)6-11-8-26-4-3-14(11)28-5-1-2-13(24)10-28/h3-4,7-9,13H,1-2,5-6,10,24-25H2/t13-/m0/s1. The monoisotopic (exact) mass is 419 g/mol. The molecule has 0 saturated carbocycles. The second-order valence-electron chi connectivity index (χ2n) is 7.36. The molecule has 4 rings (SSSR count). The Morgan fingerprint density at radius 3 is 2.87 bits per heavy atom. The second kappa shape index (κ2) is 7.60. The van der Waals surface area contributed by atoms with Gasteiger partial charge in [0.05, 0.1) is 5.56 Å². The van der Waals surface area contributed by atoms with Gasteiger partial charge in [-0.25, -0.2) is 0 Å². The number of alkyl halides is 3. The van der Waals surface area contributed by atoms with Crippen molar-refractivity contribution in [2.24, 2.45) is 5.73 Å². The summed E-state index contributed by atoms with van der Waals surface area (Å²) in [4.78, 5) is 23.0. The van der Waals surface area contributed by atoms with Crippen molar-refractivity contribution in [1.82, 2.24) is 9.97 Å². The zero-order valence-corrected chi connectivity index (χ0v) is 15.9. The molecule has 3 aromatic rings. The van der Waals surface area contributed by atoms with Crippen molar-refractivity contribution in [3.8, 4) is 0 Å². The molecule has 0 bridgehead atoms. The molecule has 1 saturated heterocycles. The number of nitrogen functional groups attached to an aromatic ring is 1. The Morgan fingerprint density at radius 1 is 1.33 bits per heavy atom. The minimum atomic E-state index is -4.58. The number of nitrogens with two attached hydrogens (primary N) is 2. The highest BCUT2D eigenvalue weighted by molar-refractivity contribution is 6.10. The molecule has 1 aliphatic heterocycles. The molecule has 30 heavy (non-hydrogen) atoms. The first-order valence-corrected chi connectivity index (χ1v) is 9.46. The summed E-state index contributed by atoms with van der Waals surface area (Å²) in [6.45, 7) is 1.49. The van der Waals surface area contributed by atoms with Crippen molar-refractivity contribution in [2.75, 3.05) is 23.7 Å². The maximum Gasteiger partial charge on any atom is 0.418 e. The van der Waals surface area contributed by atoms with Crippen LogP contribution in [0.3, 0.4) is 0 Å². The number of fused-ring (bicyclic) bond motifs is 1. The van der Waals surface area contributed by atoms with E-state index in [1.165, 1.54) is 0 Å². The van der Waals surface area contributed by atoms with Crippen LogP contribution in [0.25, 0.3) is 11.1 Å². The van der Waals surface area contributed by atoms with E-state index in [9.17, 15) is 18.0 Å². The number of piperidine rings is 1. The summed E-state index contributed by atoms with van der Waals surface area (Å²) in [5, 5.41) is 0. The van der Waals surface area contributed by atoms with Gasteiger partial charge in [0.15, 0.2) is 11.4 Å². The fourth-order valence-electron chi connectivity index (χ4n) is 3.78. The number of anilines is 2. The summed E-state index contributed by atoms with van der Waals surface area (Å²) in [5.74, 6) is -0.665. The van der Waals surface area contributed by atoms with Gasteiger partial charge in [-0.15, -0.1) is 0 Å². The molecule has 0 amide bonds. The number of carbonyl (C=O) groups is 1. The van der Waals surface area contributed by atoms with E-state index in [0.29, 0.717) is 18.3 Å². The van der Waals surface area contributed by atoms with Gasteiger partial charge in [-0.05, 0) is 25.0 Å². The summed E-state index contributed by atoms with van der Waals surface area (Å²) in [6.07, 6.45) is 1.18. The van der Waals surface area contributed by atoms with E-state index < -0.39 is 17.5 Å². The Kier molecular flexibility index (Phi) is 5.10. The van der Waals surface area contributed by atoms with E-state index in [-0.39, 0.29) is 35.0 Å². The summed E-state index contributed by atoms with van der Waals surface area (Å²) in [7, 11) is 0. The number of Topliss-reactive ketones (excluding diaryl/α,β-unsaturated/α-hetero) is 1. The lowest BCUT2D eigenvalue weighted by Gasteiger charge is -2.33. The van der Waals surface area contributed by atoms with E-state index in [2.05, 4.69) is 14.9 Å². The molecule has 0 unspecified atom stereocenters. The fraction of sp³-hybridized carbons (Fsp3) is 0.350. The van der Waals surface area contributed by atoms with Gasteiger partial charge in [0.2, 0.25) is 5.88 Å². The number of pyridine rings is 2. The van der Waals surface area contributed by atoms with Gasteiger partial charge in [0.1, 0.15) is 11.1 Å². The number of hydrogen-bond acceptors (Lipinski definition) is 7. The van der Waals surface area contributed by atoms with Crippen LogP contribution in [0.15, 0.2) is 35.1 Å². The first kappa shape index (κ1) is 20.1. The largest absolute Gasteiger partial charge is 0.438 e. The normalized spacial score (nSPS) is 17.5. The highest BCUT2D eigenvalue weighted by Crippen LogP contribution is 2.34. The molecule has 0 spiro atoms. The summed E-state index contributed by atoms with van der Waals surface area (Å²) < 4.78 is 44.0. The van der Waals surface area contributed by atoms with Crippen LogP contribution in [-0.4, -0.2) is 34.9 Å². The van der Waals surface area contributed by atoms with Crippen molar-refractivity contribution in [1.29, 1.82) is 0 Å². The van der Waals surface area contributed by atoms with Crippen molar-refractivity contribution in [3.05, 3.63) is 47.4 Å². The van der Waals surface area contributed by atoms with Crippen LogP contribution < -0.4 is 16.4 Å². The Morgan fingerprint density at radius 2 is 2.13 bits per heavy atom. The van der Waals surface area contributed by atoms with Gasteiger partial charge in [0.25, 0.3) is 0 Å². The Hall–Kier alpha value is -3.14. The van der Waals surface area contributed by atoms with E-state index >= 15 is 0 Å². The molecule has 1 atom stereocenters. The smallest absolute Gasteiger partial charge is 0.418 e. The van der Waals surface area contributed by atoms with Crippen LogP contribution in [0.2, 0.25) is 0 Å². The third-order valence-corrected chi connectivity index (χ3v) is 5.19. The number of nitrogens with zero attached hydrogens (tertiary/aromatic N) is 3. The zero-order chi connectivity index (χ0) is 21.5. The Bertz CT molecular complexity index is 1100. The highest BCUT2D eigenvalue weighted by atomic mass is 19.4. The first-order valence-electron chi connectivity index (χ1n) is 9.46. The van der Waals surface area contributed by atoms with Crippen molar-refractivity contribution in [3.63, 3.8) is 0 Å². The Balaban J connectivity index is 1.65. The van der Waals surface area contributed by atoms with Crippen LogP contribution in [-0.2, 0) is 12.6 Å². The summed E-state index contributed by atoms with van der Waals surface area (Å²) >= 11 is 0. The SMILES string of the molecule is Nc1oc2cc(C(F)(F)F)cnc2c1C(=O)Cc1cnccc1N1CCC[C@H](N)C1. The number of furan rings is 1. The predicted octanol–water partition coefficient (Wildman–Crippen LogP) is 3.18. The van der Waals surface area contributed by atoms with Gasteiger partial charge in [-0.2, -0.15) is 13.2 Å². The maximum absolute atomic E-state index is 13.0. The lowest BCUT2D eigenvalue weighted by molar-refractivity contribution is -0.137. The van der Waals surface area contributed by atoms with Gasteiger partial charge in [-0.1, -0.05) is 0 Å². The lowest BCUT2D eigenvalue weighted by atomic mass is 10.0. The molecular weight excluding hydrogens is 399 g/mol. The molecule has 10 heteroatoms. The van der Waals surface area contributed by atoms with E-state index in [1.807, 2.05) is 6.07 Å². The van der Waals surface area contributed by atoms with Gasteiger partial charge < -0.3 is 20.8 Å². The van der Waals surface area contributed by atoms with Crippen LogP contribution in [0.5, 0.6) is 0 Å². The van der Waals surface area contributed by atoms with E-state index in [1.54, 1.807) is 12.4 Å². The number of hydrogen-bond donors (Lipinski definition) is 2. The van der Waals surface area contributed by atoms with Gasteiger partial charge >= 0.3 is 6.18 Å². The topological polar surface area (TPSA) is 111 Å². The number of halogens is 3. The molecular formula is C20H20F3N5O2.